The number of aromatic nitrogens is 2. The molecule has 0 saturated carbocycles. The zero-order valence-electron chi connectivity index (χ0n) is 12.2. The van der Waals surface area contributed by atoms with E-state index >= 15 is 0 Å². The summed E-state index contributed by atoms with van der Waals surface area (Å²) in [6, 6.07) is 6.37. The van der Waals surface area contributed by atoms with E-state index in [4.69, 9.17) is 4.74 Å². The van der Waals surface area contributed by atoms with E-state index in [-0.39, 0.29) is 11.9 Å². The molecule has 0 radical (unpaired) electrons. The molecule has 0 N–H and O–H groups in total. The van der Waals surface area contributed by atoms with E-state index in [0.717, 1.165) is 38.3 Å². The highest BCUT2D eigenvalue weighted by molar-refractivity contribution is 5.22. The van der Waals surface area contributed by atoms with Gasteiger partial charge in [0.15, 0.2) is 0 Å². The Labute approximate surface area is 124 Å². The van der Waals surface area contributed by atoms with Gasteiger partial charge in [-0.1, -0.05) is 6.07 Å². The average Bonchev–Trinajstić information content (AvgIpc) is 2.87. The molecule has 0 amide bonds. The molecule has 3 rings (SSSR count). The Morgan fingerprint density at radius 3 is 2.81 bits per heavy atom. The first-order chi connectivity index (χ1) is 10.2. The maximum absolute atomic E-state index is 13.1. The maximum atomic E-state index is 13.1. The van der Waals surface area contributed by atoms with Crippen LogP contribution in [0, 0.1) is 5.82 Å². The number of halogens is 1. The van der Waals surface area contributed by atoms with Gasteiger partial charge in [-0.05, 0) is 25.0 Å². The summed E-state index contributed by atoms with van der Waals surface area (Å²) in [6.07, 6.45) is 5.89. The van der Waals surface area contributed by atoms with Crippen molar-refractivity contribution < 1.29 is 9.13 Å². The van der Waals surface area contributed by atoms with Crippen molar-refractivity contribution in [1.29, 1.82) is 0 Å². The molecular formula is C16H20FN3O. The number of likely N-dealkylation sites (tertiary alicyclic amines) is 1. The normalized spacial score (nSPS) is 17.0. The fraction of sp³-hybridized carbons (Fsp3) is 0.438. The zero-order chi connectivity index (χ0) is 14.7. The predicted molar refractivity (Wildman–Crippen MR) is 78.5 cm³/mol. The highest BCUT2D eigenvalue weighted by Crippen LogP contribution is 2.20. The molecule has 2 aromatic rings. The van der Waals surface area contributed by atoms with Crippen molar-refractivity contribution >= 4 is 0 Å². The Morgan fingerprint density at radius 2 is 2.14 bits per heavy atom. The molecule has 1 aliphatic heterocycles. The van der Waals surface area contributed by atoms with Gasteiger partial charge in [0, 0.05) is 38.6 Å². The minimum Gasteiger partial charge on any atom is -0.490 e. The number of ether oxygens (including phenoxy) is 1. The topological polar surface area (TPSA) is 30.3 Å². The second-order valence-electron chi connectivity index (χ2n) is 5.51. The summed E-state index contributed by atoms with van der Waals surface area (Å²) in [5, 5.41) is 0. The molecule has 112 valence electrons. The van der Waals surface area contributed by atoms with Crippen LogP contribution in [0.3, 0.4) is 0 Å². The van der Waals surface area contributed by atoms with Crippen molar-refractivity contribution in [1.82, 2.24) is 14.5 Å². The lowest BCUT2D eigenvalue weighted by Crippen LogP contribution is -2.38. The number of hydrogen-bond acceptors (Lipinski definition) is 3. The van der Waals surface area contributed by atoms with Gasteiger partial charge in [0.05, 0.1) is 6.54 Å². The van der Waals surface area contributed by atoms with Gasteiger partial charge in [-0.2, -0.15) is 0 Å². The summed E-state index contributed by atoms with van der Waals surface area (Å²) in [6.45, 7) is 2.83. The van der Waals surface area contributed by atoms with Gasteiger partial charge >= 0.3 is 0 Å². The molecule has 4 nitrogen and oxygen atoms in total. The zero-order valence-corrected chi connectivity index (χ0v) is 12.2. The van der Waals surface area contributed by atoms with E-state index in [9.17, 15) is 4.39 Å². The monoisotopic (exact) mass is 289 g/mol. The molecule has 5 heteroatoms. The van der Waals surface area contributed by atoms with Gasteiger partial charge in [-0.3, -0.25) is 4.90 Å². The standard InChI is InChI=1S/C16H20FN3O/c1-19-10-7-18-16(19)12-20-8-5-14(6-9-20)21-15-4-2-3-13(17)11-15/h2-4,7,10-11,14H,5-6,8-9,12H2,1H3. The van der Waals surface area contributed by atoms with E-state index in [1.165, 1.54) is 12.1 Å². The number of piperidine rings is 1. The molecule has 1 aromatic carbocycles. The summed E-state index contributed by atoms with van der Waals surface area (Å²) < 4.78 is 21.0. The Kier molecular flexibility index (Phi) is 4.20. The lowest BCUT2D eigenvalue weighted by Gasteiger charge is -2.31. The third-order valence-electron chi connectivity index (χ3n) is 3.92. The van der Waals surface area contributed by atoms with Crippen LogP contribution in [0.1, 0.15) is 18.7 Å². The molecule has 21 heavy (non-hydrogen) atoms. The van der Waals surface area contributed by atoms with Crippen LogP contribution in [0.5, 0.6) is 5.75 Å². The van der Waals surface area contributed by atoms with Gasteiger partial charge in [0.1, 0.15) is 23.5 Å². The van der Waals surface area contributed by atoms with Gasteiger partial charge in [-0.15, -0.1) is 0 Å². The Morgan fingerprint density at radius 1 is 1.33 bits per heavy atom. The average molecular weight is 289 g/mol. The molecule has 1 aliphatic rings. The molecule has 0 atom stereocenters. The van der Waals surface area contributed by atoms with Crippen LogP contribution in [0.2, 0.25) is 0 Å². The van der Waals surface area contributed by atoms with Crippen molar-refractivity contribution in [2.75, 3.05) is 13.1 Å². The predicted octanol–water partition coefficient (Wildman–Crippen LogP) is 2.60. The first kappa shape index (κ1) is 14.1. The fourth-order valence-electron chi connectivity index (χ4n) is 2.67. The van der Waals surface area contributed by atoms with E-state index in [2.05, 4.69) is 14.5 Å². The van der Waals surface area contributed by atoms with Crippen molar-refractivity contribution in [3.8, 4) is 5.75 Å². The van der Waals surface area contributed by atoms with Crippen LogP contribution in [-0.2, 0) is 13.6 Å². The number of hydrogen-bond donors (Lipinski definition) is 0. The van der Waals surface area contributed by atoms with Crippen LogP contribution in [0.4, 0.5) is 4.39 Å². The number of imidazole rings is 1. The quantitative estimate of drug-likeness (QED) is 0.866. The van der Waals surface area contributed by atoms with Crippen molar-refractivity contribution in [2.45, 2.75) is 25.5 Å². The number of rotatable bonds is 4. The van der Waals surface area contributed by atoms with E-state index in [1.54, 1.807) is 6.07 Å². The largest absolute Gasteiger partial charge is 0.490 e. The number of aryl methyl sites for hydroxylation is 1. The van der Waals surface area contributed by atoms with Crippen LogP contribution < -0.4 is 4.74 Å². The molecule has 1 aromatic heterocycles. The highest BCUT2D eigenvalue weighted by Gasteiger charge is 2.21. The third kappa shape index (κ3) is 3.61. The number of nitrogens with zero attached hydrogens (tertiary/aromatic N) is 3. The Bertz CT molecular complexity index is 591. The lowest BCUT2D eigenvalue weighted by molar-refractivity contribution is 0.0947. The summed E-state index contributed by atoms with van der Waals surface area (Å²) in [7, 11) is 2.02. The van der Waals surface area contributed by atoms with Gasteiger partial charge in [0.25, 0.3) is 0 Å². The highest BCUT2D eigenvalue weighted by atomic mass is 19.1. The molecule has 2 heterocycles. The minimum atomic E-state index is -0.250. The molecule has 0 unspecified atom stereocenters. The Hall–Kier alpha value is -1.88. The summed E-state index contributed by atoms with van der Waals surface area (Å²) in [5.41, 5.74) is 0. The van der Waals surface area contributed by atoms with Crippen LogP contribution in [-0.4, -0.2) is 33.6 Å². The molecule has 1 fully saturated rings. The smallest absolute Gasteiger partial charge is 0.126 e. The van der Waals surface area contributed by atoms with Crippen molar-refractivity contribution in [3.63, 3.8) is 0 Å². The second-order valence-corrected chi connectivity index (χ2v) is 5.51. The van der Waals surface area contributed by atoms with Gasteiger partial charge in [-0.25, -0.2) is 9.37 Å². The number of benzene rings is 1. The first-order valence-corrected chi connectivity index (χ1v) is 7.31. The second kappa shape index (κ2) is 6.26. The van der Waals surface area contributed by atoms with Crippen LogP contribution in [0.25, 0.3) is 0 Å². The summed E-state index contributed by atoms with van der Waals surface area (Å²) in [5.74, 6) is 1.46. The van der Waals surface area contributed by atoms with Gasteiger partial charge < -0.3 is 9.30 Å². The van der Waals surface area contributed by atoms with Gasteiger partial charge in [0.2, 0.25) is 0 Å². The Balaban J connectivity index is 1.50. The molecule has 0 aliphatic carbocycles. The van der Waals surface area contributed by atoms with Crippen LogP contribution >= 0.6 is 0 Å². The summed E-state index contributed by atoms with van der Waals surface area (Å²) in [4.78, 5) is 6.74. The van der Waals surface area contributed by atoms with Crippen molar-refractivity contribution in [3.05, 3.63) is 48.3 Å². The summed E-state index contributed by atoms with van der Waals surface area (Å²) >= 11 is 0. The van der Waals surface area contributed by atoms with E-state index < -0.39 is 0 Å². The lowest BCUT2D eigenvalue weighted by atomic mass is 10.1. The van der Waals surface area contributed by atoms with E-state index in [1.807, 2.05) is 25.5 Å². The molecule has 1 saturated heterocycles. The minimum absolute atomic E-state index is 0.171. The van der Waals surface area contributed by atoms with E-state index in [0.29, 0.717) is 5.75 Å². The maximum Gasteiger partial charge on any atom is 0.126 e. The third-order valence-corrected chi connectivity index (χ3v) is 3.92. The molecule has 0 bridgehead atoms. The SMILES string of the molecule is Cn1ccnc1CN1CCC(Oc2cccc(F)c2)CC1. The van der Waals surface area contributed by atoms with Crippen LogP contribution in [0.15, 0.2) is 36.7 Å². The van der Waals surface area contributed by atoms with Crippen molar-refractivity contribution in [2.24, 2.45) is 7.05 Å². The molecular weight excluding hydrogens is 269 g/mol. The molecule has 0 spiro atoms. The first-order valence-electron chi connectivity index (χ1n) is 7.31. The fourth-order valence-corrected chi connectivity index (χ4v) is 2.67.